The van der Waals surface area contributed by atoms with Crippen LogP contribution in [0.15, 0.2) is 32.5 Å². The number of hydrogen-bond acceptors (Lipinski definition) is 6. The minimum absolute atomic E-state index is 0.134. The molecule has 1 aromatic carbocycles. The van der Waals surface area contributed by atoms with Crippen molar-refractivity contribution in [3.8, 4) is 11.5 Å². The van der Waals surface area contributed by atoms with Crippen molar-refractivity contribution in [2.75, 3.05) is 13.2 Å². The van der Waals surface area contributed by atoms with E-state index in [-0.39, 0.29) is 11.9 Å². The summed E-state index contributed by atoms with van der Waals surface area (Å²) < 4.78 is 12.0. The van der Waals surface area contributed by atoms with E-state index in [9.17, 15) is 0 Å². The van der Waals surface area contributed by atoms with Crippen LogP contribution in [0.4, 0.5) is 0 Å². The van der Waals surface area contributed by atoms with E-state index in [0.717, 1.165) is 25.7 Å². The maximum absolute atomic E-state index is 5.99. The first-order chi connectivity index (χ1) is 13.5. The summed E-state index contributed by atoms with van der Waals surface area (Å²) in [6, 6.07) is 3.60. The zero-order valence-electron chi connectivity index (χ0n) is 16.5. The third-order valence-electron chi connectivity index (χ3n) is 3.40. The van der Waals surface area contributed by atoms with Gasteiger partial charge in [-0.15, -0.1) is 10.2 Å². The van der Waals surface area contributed by atoms with Gasteiger partial charge in [-0.2, -0.15) is 10.2 Å². The van der Waals surface area contributed by atoms with E-state index in [1.165, 1.54) is 12.4 Å². The van der Waals surface area contributed by atoms with Crippen molar-refractivity contribution >= 4 is 24.3 Å². The van der Waals surface area contributed by atoms with Crippen LogP contribution in [0.5, 0.6) is 11.5 Å². The predicted molar refractivity (Wildman–Crippen MR) is 114 cm³/mol. The highest BCUT2D eigenvalue weighted by molar-refractivity contribution is 5.92. The summed E-state index contributed by atoms with van der Waals surface area (Å²) in [7, 11) is 0. The lowest BCUT2D eigenvalue weighted by atomic mass is 10.1. The SMILES string of the molecule is CCCCOc1c(/C=N/N=C(N)N)ccc(/C=N/N=C(N)N)c1OCCCC. The lowest BCUT2D eigenvalue weighted by Gasteiger charge is -2.17. The van der Waals surface area contributed by atoms with Gasteiger partial charge in [-0.05, 0) is 25.0 Å². The molecule has 0 unspecified atom stereocenters. The van der Waals surface area contributed by atoms with Gasteiger partial charge in [0.1, 0.15) is 0 Å². The smallest absolute Gasteiger partial charge is 0.211 e. The third-order valence-corrected chi connectivity index (χ3v) is 3.40. The van der Waals surface area contributed by atoms with Crippen LogP contribution in [0.25, 0.3) is 0 Å². The molecule has 0 aliphatic heterocycles. The standard InChI is InChI=1S/C18H30N8O2/c1-3-5-9-27-15-13(11-23-25-17(19)20)7-8-14(12-24-26-18(21)22)16(15)28-10-6-4-2/h7-8,11-12H,3-6,9-10H2,1-2H3,(H4,19,20,25)(H4,21,22,26)/b23-11+,24-12+. The van der Waals surface area contributed by atoms with Gasteiger partial charge in [0.2, 0.25) is 11.9 Å². The minimum Gasteiger partial charge on any atom is -0.489 e. The van der Waals surface area contributed by atoms with Gasteiger partial charge in [-0.25, -0.2) is 0 Å². The summed E-state index contributed by atoms with van der Waals surface area (Å²) >= 11 is 0. The third kappa shape index (κ3) is 8.39. The molecule has 10 heteroatoms. The highest BCUT2D eigenvalue weighted by Crippen LogP contribution is 2.34. The average Bonchev–Trinajstić information content (AvgIpc) is 2.64. The lowest BCUT2D eigenvalue weighted by molar-refractivity contribution is 0.261. The maximum Gasteiger partial charge on any atom is 0.211 e. The van der Waals surface area contributed by atoms with Crippen molar-refractivity contribution in [2.24, 2.45) is 43.3 Å². The Morgan fingerprint density at radius 1 is 0.786 bits per heavy atom. The van der Waals surface area contributed by atoms with Crippen LogP contribution in [-0.4, -0.2) is 37.6 Å². The van der Waals surface area contributed by atoms with Gasteiger partial charge in [0.15, 0.2) is 11.5 Å². The fraction of sp³-hybridized carbons (Fsp3) is 0.444. The Hall–Kier alpha value is -3.30. The van der Waals surface area contributed by atoms with Gasteiger partial charge in [0.05, 0.1) is 25.6 Å². The molecule has 0 fully saturated rings. The molecule has 0 amide bonds. The molecule has 0 aromatic heterocycles. The molecule has 28 heavy (non-hydrogen) atoms. The Balaban J connectivity index is 3.36. The van der Waals surface area contributed by atoms with E-state index in [1.54, 1.807) is 12.1 Å². The van der Waals surface area contributed by atoms with Gasteiger partial charge in [-0.3, -0.25) is 0 Å². The topological polar surface area (TPSA) is 172 Å². The van der Waals surface area contributed by atoms with E-state index in [1.807, 2.05) is 0 Å². The van der Waals surface area contributed by atoms with E-state index in [4.69, 9.17) is 32.4 Å². The Morgan fingerprint density at radius 2 is 1.18 bits per heavy atom. The average molecular weight is 390 g/mol. The van der Waals surface area contributed by atoms with Crippen LogP contribution in [-0.2, 0) is 0 Å². The molecule has 10 nitrogen and oxygen atoms in total. The van der Waals surface area contributed by atoms with Crippen molar-refractivity contribution in [1.29, 1.82) is 0 Å². The maximum atomic E-state index is 5.99. The summed E-state index contributed by atoms with van der Waals surface area (Å²) in [6.07, 6.45) is 6.79. The Morgan fingerprint density at radius 3 is 1.50 bits per heavy atom. The van der Waals surface area contributed by atoms with Gasteiger partial charge < -0.3 is 32.4 Å². The second-order valence-electron chi connectivity index (χ2n) is 5.85. The summed E-state index contributed by atoms with van der Waals surface area (Å²) in [5.74, 6) is 0.802. The van der Waals surface area contributed by atoms with Crippen LogP contribution in [0, 0.1) is 0 Å². The number of rotatable bonds is 12. The first kappa shape index (κ1) is 22.7. The van der Waals surface area contributed by atoms with Crippen LogP contribution in [0.1, 0.15) is 50.7 Å². The number of benzene rings is 1. The van der Waals surface area contributed by atoms with Crippen molar-refractivity contribution in [1.82, 2.24) is 0 Å². The predicted octanol–water partition coefficient (Wildman–Crippen LogP) is 1.26. The van der Waals surface area contributed by atoms with Gasteiger partial charge in [0.25, 0.3) is 0 Å². The zero-order chi connectivity index (χ0) is 20.8. The molecular formula is C18H30N8O2. The number of guanidine groups is 2. The molecule has 0 atom stereocenters. The Labute approximate surface area is 165 Å². The quantitative estimate of drug-likeness (QED) is 0.181. The summed E-state index contributed by atoms with van der Waals surface area (Å²) in [4.78, 5) is 0. The molecule has 1 rings (SSSR count). The molecule has 0 saturated heterocycles. The van der Waals surface area contributed by atoms with Crippen molar-refractivity contribution in [3.05, 3.63) is 23.3 Å². The number of nitrogens with zero attached hydrogens (tertiary/aromatic N) is 4. The molecule has 0 bridgehead atoms. The Bertz CT molecular complexity index is 660. The first-order valence-corrected chi connectivity index (χ1v) is 9.16. The monoisotopic (exact) mass is 390 g/mol. The molecule has 0 heterocycles. The molecule has 8 N–H and O–H groups in total. The van der Waals surface area contributed by atoms with Crippen LogP contribution in [0.3, 0.4) is 0 Å². The highest BCUT2D eigenvalue weighted by Gasteiger charge is 2.15. The number of hydrogen-bond donors (Lipinski definition) is 4. The van der Waals surface area contributed by atoms with E-state index >= 15 is 0 Å². The normalized spacial score (nSPS) is 10.9. The second kappa shape index (κ2) is 13.0. The lowest BCUT2D eigenvalue weighted by Crippen LogP contribution is -2.21. The summed E-state index contributed by atoms with van der Waals surface area (Å²) in [5.41, 5.74) is 22.6. The number of unbranched alkanes of at least 4 members (excludes halogenated alkanes) is 2. The Kier molecular flexibility index (Phi) is 10.5. The van der Waals surface area contributed by atoms with E-state index in [0.29, 0.717) is 35.8 Å². The molecule has 0 aliphatic carbocycles. The van der Waals surface area contributed by atoms with Crippen molar-refractivity contribution < 1.29 is 9.47 Å². The van der Waals surface area contributed by atoms with Crippen molar-refractivity contribution in [3.63, 3.8) is 0 Å². The molecule has 0 radical (unpaired) electrons. The van der Waals surface area contributed by atoms with Crippen LogP contribution >= 0.6 is 0 Å². The van der Waals surface area contributed by atoms with Gasteiger partial charge >= 0.3 is 0 Å². The minimum atomic E-state index is -0.134. The fourth-order valence-corrected chi connectivity index (χ4v) is 2.05. The molecule has 0 aliphatic rings. The van der Waals surface area contributed by atoms with Crippen molar-refractivity contribution in [2.45, 2.75) is 39.5 Å². The molecule has 0 saturated carbocycles. The van der Waals surface area contributed by atoms with Gasteiger partial charge in [0, 0.05) is 11.1 Å². The second-order valence-corrected chi connectivity index (χ2v) is 5.85. The highest BCUT2D eigenvalue weighted by atomic mass is 16.5. The molecular weight excluding hydrogens is 360 g/mol. The van der Waals surface area contributed by atoms with E-state index < -0.39 is 0 Å². The van der Waals surface area contributed by atoms with Gasteiger partial charge in [-0.1, -0.05) is 26.7 Å². The number of nitrogens with two attached hydrogens (primary N) is 4. The van der Waals surface area contributed by atoms with Crippen LogP contribution in [0.2, 0.25) is 0 Å². The zero-order valence-corrected chi connectivity index (χ0v) is 16.5. The molecule has 0 spiro atoms. The molecule has 1 aromatic rings. The number of ether oxygens (including phenoxy) is 2. The van der Waals surface area contributed by atoms with Crippen LogP contribution < -0.4 is 32.4 Å². The molecule has 154 valence electrons. The van der Waals surface area contributed by atoms with E-state index in [2.05, 4.69) is 34.3 Å². The first-order valence-electron chi connectivity index (χ1n) is 9.16. The summed E-state index contributed by atoms with van der Waals surface area (Å²) in [6.45, 7) is 5.22. The fourth-order valence-electron chi connectivity index (χ4n) is 2.05. The summed E-state index contributed by atoms with van der Waals surface area (Å²) in [5, 5.41) is 15.0. The largest absolute Gasteiger partial charge is 0.489 e.